The van der Waals surface area contributed by atoms with E-state index in [-0.39, 0.29) is 10.7 Å². The number of benzene rings is 1. The quantitative estimate of drug-likeness (QED) is 0.749. The highest BCUT2D eigenvalue weighted by atomic mass is 32.2. The van der Waals surface area contributed by atoms with Crippen molar-refractivity contribution in [3.63, 3.8) is 0 Å². The number of sulfonamides is 1. The number of ether oxygens (including phenoxy) is 1. The van der Waals surface area contributed by atoms with Crippen molar-refractivity contribution in [1.29, 1.82) is 0 Å². The number of hydrogen-bond donors (Lipinski definition) is 1. The monoisotopic (exact) mass is 405 g/mol. The van der Waals surface area contributed by atoms with Gasteiger partial charge in [-0.15, -0.1) is 0 Å². The number of ketones is 1. The minimum Gasteiger partial charge on any atom is -0.497 e. The molecule has 154 valence electrons. The van der Waals surface area contributed by atoms with Gasteiger partial charge in [0.1, 0.15) is 5.75 Å². The minimum atomic E-state index is -3.78. The average Bonchev–Trinajstić information content (AvgIpc) is 2.63. The van der Waals surface area contributed by atoms with Crippen molar-refractivity contribution >= 4 is 15.8 Å². The Balaban J connectivity index is 1.44. The molecule has 0 aromatic heterocycles. The Bertz CT molecular complexity index is 816. The van der Waals surface area contributed by atoms with E-state index >= 15 is 0 Å². The number of methoxy groups -OCH3 is 1. The Morgan fingerprint density at radius 2 is 1.57 bits per heavy atom. The van der Waals surface area contributed by atoms with Gasteiger partial charge in [0, 0.05) is 6.42 Å². The van der Waals surface area contributed by atoms with E-state index in [0.717, 1.165) is 11.8 Å². The summed E-state index contributed by atoms with van der Waals surface area (Å²) < 4.78 is 33.3. The second kappa shape index (κ2) is 7.13. The Hall–Kier alpha value is -1.40. The molecule has 0 heterocycles. The molecule has 5 rings (SSSR count). The van der Waals surface area contributed by atoms with Crippen molar-refractivity contribution in [3.8, 4) is 5.75 Å². The molecule has 1 aromatic carbocycles. The second-order valence-electron chi connectivity index (χ2n) is 9.63. The van der Waals surface area contributed by atoms with Crippen LogP contribution in [-0.2, 0) is 14.8 Å². The molecule has 4 saturated carbocycles. The Morgan fingerprint density at radius 1 is 1.04 bits per heavy atom. The van der Waals surface area contributed by atoms with E-state index in [9.17, 15) is 13.2 Å². The molecule has 0 amide bonds. The van der Waals surface area contributed by atoms with Crippen LogP contribution in [0, 0.1) is 29.6 Å². The first-order chi connectivity index (χ1) is 13.2. The Morgan fingerprint density at radius 3 is 2.07 bits per heavy atom. The van der Waals surface area contributed by atoms with Gasteiger partial charge in [-0.3, -0.25) is 4.79 Å². The van der Waals surface area contributed by atoms with Gasteiger partial charge in [-0.2, -0.15) is 4.72 Å². The molecule has 28 heavy (non-hydrogen) atoms. The molecule has 1 aromatic rings. The zero-order chi connectivity index (χ0) is 20.1. The van der Waals surface area contributed by atoms with Gasteiger partial charge in [-0.05, 0) is 99.8 Å². The van der Waals surface area contributed by atoms with Crippen molar-refractivity contribution in [3.05, 3.63) is 24.3 Å². The van der Waals surface area contributed by atoms with E-state index < -0.39 is 15.6 Å². The topological polar surface area (TPSA) is 72.5 Å². The van der Waals surface area contributed by atoms with Crippen LogP contribution >= 0.6 is 0 Å². The zero-order valence-electron chi connectivity index (χ0n) is 17.0. The summed E-state index contributed by atoms with van der Waals surface area (Å²) in [7, 11) is -2.24. The van der Waals surface area contributed by atoms with Crippen LogP contribution in [0.5, 0.6) is 5.75 Å². The Kier molecular flexibility index (Phi) is 5.07. The number of rotatable bonds is 7. The number of Topliss-reactive ketones (excluding diaryl/α,β-unsaturated/α-hetero) is 1. The van der Waals surface area contributed by atoms with Crippen molar-refractivity contribution in [2.75, 3.05) is 7.11 Å². The normalized spacial score (nSPS) is 31.8. The van der Waals surface area contributed by atoms with Gasteiger partial charge in [0.05, 0.1) is 17.5 Å². The number of carbonyl (C=O) groups is 1. The molecule has 0 aliphatic heterocycles. The highest BCUT2D eigenvalue weighted by Crippen LogP contribution is 2.57. The van der Waals surface area contributed by atoms with Crippen LogP contribution in [0.4, 0.5) is 0 Å². The summed E-state index contributed by atoms with van der Waals surface area (Å²) in [5.41, 5.74) is -1.12. The van der Waals surface area contributed by atoms with Crippen molar-refractivity contribution in [1.82, 2.24) is 4.72 Å². The third-order valence-electron chi connectivity index (χ3n) is 7.30. The van der Waals surface area contributed by atoms with Gasteiger partial charge in [0.25, 0.3) is 0 Å². The molecule has 0 spiro atoms. The van der Waals surface area contributed by atoms with Crippen LogP contribution in [0.2, 0.25) is 0 Å². The smallest absolute Gasteiger partial charge is 0.241 e. The van der Waals surface area contributed by atoms with Gasteiger partial charge in [0.15, 0.2) is 5.78 Å². The van der Waals surface area contributed by atoms with Crippen LogP contribution < -0.4 is 9.46 Å². The van der Waals surface area contributed by atoms with E-state index in [0.29, 0.717) is 29.9 Å². The predicted molar refractivity (Wildman–Crippen MR) is 108 cm³/mol. The maximum atomic E-state index is 13.1. The third-order valence-corrected chi connectivity index (χ3v) is 8.97. The van der Waals surface area contributed by atoms with Gasteiger partial charge in [-0.1, -0.05) is 0 Å². The van der Waals surface area contributed by atoms with E-state index in [1.54, 1.807) is 26.0 Å². The molecule has 4 fully saturated rings. The molecule has 0 atom stereocenters. The summed E-state index contributed by atoms with van der Waals surface area (Å²) in [5.74, 6) is 4.09. The van der Waals surface area contributed by atoms with Gasteiger partial charge in [-0.25, -0.2) is 8.42 Å². The molecule has 0 radical (unpaired) electrons. The summed E-state index contributed by atoms with van der Waals surface area (Å²) >= 11 is 0. The van der Waals surface area contributed by atoms with Crippen LogP contribution in [0.3, 0.4) is 0 Å². The first-order valence-corrected chi connectivity index (χ1v) is 11.9. The molecular formula is C22H31NO4S. The lowest BCUT2D eigenvalue weighted by molar-refractivity contribution is -0.128. The van der Waals surface area contributed by atoms with E-state index in [1.807, 2.05) is 0 Å². The molecule has 0 unspecified atom stereocenters. The SMILES string of the molecule is COc1ccc(S(=O)(=O)NC(C)(C)C(=O)CC2C3CC4CC(C3)CC2C4)cc1. The fourth-order valence-electron chi connectivity index (χ4n) is 6.05. The maximum absolute atomic E-state index is 13.1. The lowest BCUT2D eigenvalue weighted by Crippen LogP contribution is -2.52. The molecule has 4 aliphatic rings. The van der Waals surface area contributed by atoms with Crippen LogP contribution in [-0.4, -0.2) is 26.8 Å². The molecule has 1 N–H and O–H groups in total. The minimum absolute atomic E-state index is 0.00191. The zero-order valence-corrected chi connectivity index (χ0v) is 17.8. The fourth-order valence-corrected chi connectivity index (χ4v) is 7.44. The molecule has 5 nitrogen and oxygen atoms in total. The fraction of sp³-hybridized carbons (Fsp3) is 0.682. The summed E-state index contributed by atoms with van der Waals surface area (Å²) in [6.45, 7) is 3.37. The first-order valence-electron chi connectivity index (χ1n) is 10.4. The summed E-state index contributed by atoms with van der Waals surface area (Å²) in [6, 6.07) is 6.22. The van der Waals surface area contributed by atoms with Crippen molar-refractivity contribution in [2.24, 2.45) is 29.6 Å². The van der Waals surface area contributed by atoms with E-state index in [4.69, 9.17) is 4.74 Å². The molecule has 4 aliphatic carbocycles. The van der Waals surface area contributed by atoms with Gasteiger partial charge < -0.3 is 4.74 Å². The van der Waals surface area contributed by atoms with Crippen LogP contribution in [0.25, 0.3) is 0 Å². The van der Waals surface area contributed by atoms with Crippen molar-refractivity contribution in [2.45, 2.75) is 62.8 Å². The molecule has 6 heteroatoms. The van der Waals surface area contributed by atoms with Gasteiger partial charge >= 0.3 is 0 Å². The summed E-state index contributed by atoms with van der Waals surface area (Å²) in [6.07, 6.45) is 6.95. The van der Waals surface area contributed by atoms with Gasteiger partial charge in [0.2, 0.25) is 10.0 Å². The predicted octanol–water partition coefficient (Wildman–Crippen LogP) is 3.78. The first kappa shape index (κ1) is 19.9. The summed E-state index contributed by atoms with van der Waals surface area (Å²) in [4.78, 5) is 13.3. The van der Waals surface area contributed by atoms with E-state index in [1.165, 1.54) is 51.3 Å². The Labute approximate surface area is 168 Å². The van der Waals surface area contributed by atoms with Crippen molar-refractivity contribution < 1.29 is 17.9 Å². The van der Waals surface area contributed by atoms with E-state index in [2.05, 4.69) is 4.72 Å². The maximum Gasteiger partial charge on any atom is 0.241 e. The standard InChI is InChI=1S/C22H31NO4S/c1-22(2,23-28(25,26)19-6-4-18(27-3)5-7-19)21(24)13-20-16-9-14-8-15(11-16)12-17(20)10-14/h4-7,14-17,20,23H,8-13H2,1-3H3. The third kappa shape index (κ3) is 3.73. The number of carbonyl (C=O) groups excluding carboxylic acids is 1. The largest absolute Gasteiger partial charge is 0.497 e. The highest BCUT2D eigenvalue weighted by molar-refractivity contribution is 7.89. The molecular weight excluding hydrogens is 374 g/mol. The second-order valence-corrected chi connectivity index (χ2v) is 11.3. The lowest BCUT2D eigenvalue weighted by Gasteiger charge is -2.54. The number of nitrogens with one attached hydrogen (secondary N) is 1. The lowest BCUT2D eigenvalue weighted by atomic mass is 9.51. The molecule has 4 bridgehead atoms. The number of hydrogen-bond acceptors (Lipinski definition) is 4. The molecule has 0 saturated heterocycles. The highest BCUT2D eigenvalue weighted by Gasteiger charge is 2.49. The van der Waals surface area contributed by atoms with Crippen LogP contribution in [0.1, 0.15) is 52.4 Å². The van der Waals surface area contributed by atoms with Crippen LogP contribution in [0.15, 0.2) is 29.2 Å². The summed E-state index contributed by atoms with van der Waals surface area (Å²) in [5, 5.41) is 0. The average molecular weight is 406 g/mol.